The zero-order valence-corrected chi connectivity index (χ0v) is 14.4. The Morgan fingerprint density at radius 2 is 1.79 bits per heavy atom. The molecular formula is C17H24ClFN2O3. The number of hydrogen-bond acceptors (Lipinski definition) is 3. The minimum atomic E-state index is -0.743. The lowest BCUT2D eigenvalue weighted by Crippen LogP contribution is -2.44. The van der Waals surface area contributed by atoms with Crippen LogP contribution >= 0.6 is 12.4 Å². The fourth-order valence-corrected chi connectivity index (χ4v) is 2.78. The van der Waals surface area contributed by atoms with Crippen molar-refractivity contribution in [2.24, 2.45) is 0 Å². The molecule has 1 saturated heterocycles. The van der Waals surface area contributed by atoms with Crippen molar-refractivity contribution in [2.75, 3.05) is 19.6 Å². The zero-order valence-electron chi connectivity index (χ0n) is 13.5. The van der Waals surface area contributed by atoms with Crippen LogP contribution in [0.2, 0.25) is 0 Å². The first kappa shape index (κ1) is 20.4. The summed E-state index contributed by atoms with van der Waals surface area (Å²) in [4.78, 5) is 24.8. The molecule has 1 heterocycles. The summed E-state index contributed by atoms with van der Waals surface area (Å²) >= 11 is 0. The van der Waals surface area contributed by atoms with E-state index in [1.165, 1.54) is 24.3 Å². The molecule has 0 unspecified atom stereocenters. The number of halogens is 2. The van der Waals surface area contributed by atoms with E-state index in [0.29, 0.717) is 12.0 Å². The van der Waals surface area contributed by atoms with Crippen molar-refractivity contribution in [1.82, 2.24) is 10.2 Å². The van der Waals surface area contributed by atoms with Gasteiger partial charge < -0.3 is 15.3 Å². The van der Waals surface area contributed by atoms with E-state index in [2.05, 4.69) is 10.2 Å². The predicted molar refractivity (Wildman–Crippen MR) is 92.1 cm³/mol. The number of aliphatic carboxylic acids is 1. The second kappa shape index (κ2) is 10.3. The van der Waals surface area contributed by atoms with Gasteiger partial charge in [-0.3, -0.25) is 9.59 Å². The van der Waals surface area contributed by atoms with Crippen LogP contribution in [0.5, 0.6) is 0 Å². The third kappa shape index (κ3) is 6.84. The minimum absolute atomic E-state index is 0. The number of carbonyl (C=O) groups is 2. The SMILES string of the molecule is Cl.O=C(O)CCCCN1CCC(NC(=O)c2ccc(F)cc2)CC1. The van der Waals surface area contributed by atoms with Crippen molar-refractivity contribution < 1.29 is 19.1 Å². The maximum Gasteiger partial charge on any atom is 0.303 e. The Morgan fingerprint density at radius 3 is 2.38 bits per heavy atom. The predicted octanol–water partition coefficient (Wildman–Crippen LogP) is 2.70. The van der Waals surface area contributed by atoms with E-state index in [0.717, 1.165) is 38.9 Å². The molecule has 0 radical (unpaired) electrons. The van der Waals surface area contributed by atoms with Crippen LogP contribution in [-0.4, -0.2) is 47.6 Å². The lowest BCUT2D eigenvalue weighted by Gasteiger charge is -2.32. The van der Waals surface area contributed by atoms with Gasteiger partial charge in [-0.05, 0) is 56.5 Å². The summed E-state index contributed by atoms with van der Waals surface area (Å²) < 4.78 is 12.9. The standard InChI is InChI=1S/C17H23FN2O3.ClH/c18-14-6-4-13(5-7-14)17(23)19-15-8-11-20(12-9-15)10-2-1-3-16(21)22;/h4-7,15H,1-3,8-12H2,(H,19,23)(H,21,22);1H. The topological polar surface area (TPSA) is 69.6 Å². The molecule has 0 spiro atoms. The summed E-state index contributed by atoms with van der Waals surface area (Å²) in [7, 11) is 0. The van der Waals surface area contributed by atoms with Crippen molar-refractivity contribution in [3.05, 3.63) is 35.6 Å². The van der Waals surface area contributed by atoms with Gasteiger partial charge in [0.25, 0.3) is 5.91 Å². The van der Waals surface area contributed by atoms with Crippen molar-refractivity contribution in [2.45, 2.75) is 38.1 Å². The smallest absolute Gasteiger partial charge is 0.303 e. The van der Waals surface area contributed by atoms with Gasteiger partial charge in [0.05, 0.1) is 0 Å². The molecule has 1 aromatic carbocycles. The van der Waals surface area contributed by atoms with E-state index in [1.54, 1.807) is 0 Å². The van der Waals surface area contributed by atoms with Crippen molar-refractivity contribution >= 4 is 24.3 Å². The molecule has 1 fully saturated rings. The molecular weight excluding hydrogens is 335 g/mol. The Hall–Kier alpha value is -1.66. The number of carbonyl (C=O) groups excluding carboxylic acids is 1. The monoisotopic (exact) mass is 358 g/mol. The fraction of sp³-hybridized carbons (Fsp3) is 0.529. The van der Waals surface area contributed by atoms with E-state index in [9.17, 15) is 14.0 Å². The average molecular weight is 359 g/mol. The van der Waals surface area contributed by atoms with Crippen LogP contribution < -0.4 is 5.32 Å². The summed E-state index contributed by atoms with van der Waals surface area (Å²) in [5.41, 5.74) is 0.475. The number of carboxylic acids is 1. The van der Waals surface area contributed by atoms with E-state index in [4.69, 9.17) is 5.11 Å². The molecule has 0 saturated carbocycles. The number of carboxylic acid groups (broad SMARTS) is 1. The molecule has 2 N–H and O–H groups in total. The molecule has 134 valence electrons. The Balaban J connectivity index is 0.00000288. The summed E-state index contributed by atoms with van der Waals surface area (Å²) in [6.07, 6.45) is 3.58. The number of rotatable bonds is 7. The van der Waals surface area contributed by atoms with Gasteiger partial charge in [0.15, 0.2) is 0 Å². The van der Waals surface area contributed by atoms with E-state index in [1.807, 2.05) is 0 Å². The molecule has 24 heavy (non-hydrogen) atoms. The second-order valence-electron chi connectivity index (χ2n) is 5.95. The van der Waals surface area contributed by atoms with Gasteiger partial charge in [0, 0.05) is 31.1 Å². The van der Waals surface area contributed by atoms with Crippen LogP contribution in [0.4, 0.5) is 4.39 Å². The van der Waals surface area contributed by atoms with Crippen molar-refractivity contribution in [1.29, 1.82) is 0 Å². The van der Waals surface area contributed by atoms with Gasteiger partial charge in [-0.15, -0.1) is 12.4 Å². The minimum Gasteiger partial charge on any atom is -0.481 e. The molecule has 1 aromatic rings. The number of nitrogens with one attached hydrogen (secondary N) is 1. The van der Waals surface area contributed by atoms with E-state index < -0.39 is 5.97 Å². The Labute approximate surface area is 147 Å². The first-order valence-electron chi connectivity index (χ1n) is 8.05. The highest BCUT2D eigenvalue weighted by Gasteiger charge is 2.20. The summed E-state index contributed by atoms with van der Waals surface area (Å²) in [5.74, 6) is -1.25. The first-order valence-corrected chi connectivity index (χ1v) is 8.05. The number of benzene rings is 1. The molecule has 0 atom stereocenters. The van der Waals surface area contributed by atoms with Gasteiger partial charge in [0.2, 0.25) is 0 Å². The number of amides is 1. The van der Waals surface area contributed by atoms with Gasteiger partial charge in [0.1, 0.15) is 5.82 Å². The van der Waals surface area contributed by atoms with Gasteiger partial charge >= 0.3 is 5.97 Å². The van der Waals surface area contributed by atoms with Crippen LogP contribution in [0, 0.1) is 5.82 Å². The number of unbranched alkanes of at least 4 members (excludes halogenated alkanes) is 1. The van der Waals surface area contributed by atoms with Gasteiger partial charge in [-0.1, -0.05) is 0 Å². The Bertz CT molecular complexity index is 531. The zero-order chi connectivity index (χ0) is 16.7. The quantitative estimate of drug-likeness (QED) is 0.735. The highest BCUT2D eigenvalue weighted by molar-refractivity contribution is 5.94. The summed E-state index contributed by atoms with van der Waals surface area (Å²) in [6, 6.07) is 5.69. The first-order chi connectivity index (χ1) is 11.0. The average Bonchev–Trinajstić information content (AvgIpc) is 2.53. The normalized spacial score (nSPS) is 15.5. The van der Waals surface area contributed by atoms with Crippen LogP contribution in [0.25, 0.3) is 0 Å². The van der Waals surface area contributed by atoms with Crippen LogP contribution in [-0.2, 0) is 4.79 Å². The molecule has 1 amide bonds. The number of piperidine rings is 1. The van der Waals surface area contributed by atoms with Crippen LogP contribution in [0.3, 0.4) is 0 Å². The molecule has 7 heteroatoms. The van der Waals surface area contributed by atoms with Gasteiger partial charge in [-0.25, -0.2) is 4.39 Å². The van der Waals surface area contributed by atoms with Crippen molar-refractivity contribution in [3.63, 3.8) is 0 Å². The molecule has 1 aliphatic rings. The van der Waals surface area contributed by atoms with E-state index >= 15 is 0 Å². The number of hydrogen-bond donors (Lipinski definition) is 2. The summed E-state index contributed by atoms with van der Waals surface area (Å²) in [6.45, 7) is 2.72. The number of likely N-dealkylation sites (tertiary alicyclic amines) is 1. The van der Waals surface area contributed by atoms with Crippen LogP contribution in [0.15, 0.2) is 24.3 Å². The molecule has 0 aliphatic carbocycles. The Kier molecular flexibility index (Phi) is 8.71. The third-order valence-electron chi connectivity index (χ3n) is 4.14. The fourth-order valence-electron chi connectivity index (χ4n) is 2.78. The molecule has 0 aromatic heterocycles. The second-order valence-corrected chi connectivity index (χ2v) is 5.95. The highest BCUT2D eigenvalue weighted by atomic mass is 35.5. The van der Waals surface area contributed by atoms with Gasteiger partial charge in [-0.2, -0.15) is 0 Å². The third-order valence-corrected chi connectivity index (χ3v) is 4.14. The molecule has 0 bridgehead atoms. The molecule has 1 aliphatic heterocycles. The highest BCUT2D eigenvalue weighted by Crippen LogP contribution is 2.13. The maximum absolute atomic E-state index is 12.9. The number of nitrogens with zero attached hydrogens (tertiary/aromatic N) is 1. The van der Waals surface area contributed by atoms with E-state index in [-0.39, 0.29) is 36.6 Å². The maximum atomic E-state index is 12.9. The van der Waals surface area contributed by atoms with Crippen LogP contribution in [0.1, 0.15) is 42.5 Å². The summed E-state index contributed by atoms with van der Waals surface area (Å²) in [5, 5.41) is 11.6. The lowest BCUT2D eigenvalue weighted by molar-refractivity contribution is -0.137. The van der Waals surface area contributed by atoms with Crippen molar-refractivity contribution in [3.8, 4) is 0 Å². The molecule has 2 rings (SSSR count). The Morgan fingerprint density at radius 1 is 1.17 bits per heavy atom. The molecule has 5 nitrogen and oxygen atoms in total. The lowest BCUT2D eigenvalue weighted by atomic mass is 10.0. The largest absolute Gasteiger partial charge is 0.481 e.